The predicted octanol–water partition coefficient (Wildman–Crippen LogP) is 4.21. The minimum atomic E-state index is -0.201. The van der Waals surface area contributed by atoms with Crippen LogP contribution < -0.4 is 5.72 Å². The van der Waals surface area contributed by atoms with Crippen molar-refractivity contribution >= 4 is 13.0 Å². The zero-order chi connectivity index (χ0) is 18.7. The Balaban J connectivity index is 2.10. The van der Waals surface area contributed by atoms with E-state index in [4.69, 9.17) is 0 Å². The molecule has 1 heterocycles. The lowest BCUT2D eigenvalue weighted by atomic mass is 9.46. The second-order valence-corrected chi connectivity index (χ2v) is 7.67. The Bertz CT molecular complexity index is 885. The van der Waals surface area contributed by atoms with Gasteiger partial charge in [0.1, 0.15) is 5.82 Å². The van der Waals surface area contributed by atoms with Gasteiger partial charge in [0, 0.05) is 25.4 Å². The van der Waals surface area contributed by atoms with Crippen LogP contribution in [0.5, 0.6) is 0 Å². The van der Waals surface area contributed by atoms with Crippen LogP contribution in [0.3, 0.4) is 0 Å². The fraction of sp³-hybridized carbons (Fsp3) is 0.318. The number of rotatable bonds is 6. The minimum absolute atomic E-state index is 0.0492. The van der Waals surface area contributed by atoms with Gasteiger partial charge in [-0.15, -0.1) is 0 Å². The number of hydrogen-bond acceptors (Lipinski definition) is 1. The summed E-state index contributed by atoms with van der Waals surface area (Å²) in [7, 11) is 2.78. The maximum Gasteiger partial charge on any atom is 0.211 e. The van der Waals surface area contributed by atoms with E-state index in [1.54, 1.807) is 12.1 Å². The summed E-state index contributed by atoms with van der Waals surface area (Å²) >= 11 is 0. The molecule has 0 N–H and O–H groups in total. The van der Waals surface area contributed by atoms with Gasteiger partial charge in [-0.2, -0.15) is 0 Å². The quantitative estimate of drug-likeness (QED) is 0.610. The Morgan fingerprint density at radius 3 is 2.58 bits per heavy atom. The average Bonchev–Trinajstić information content (AvgIpc) is 3.01. The third kappa shape index (κ3) is 3.74. The number of aromatic nitrogens is 2. The van der Waals surface area contributed by atoms with Crippen LogP contribution in [-0.2, 0) is 13.5 Å². The summed E-state index contributed by atoms with van der Waals surface area (Å²) in [6, 6.07) is 15.7. The number of imidazole rings is 1. The number of benzene rings is 2. The fourth-order valence-corrected chi connectivity index (χ4v) is 3.83. The van der Waals surface area contributed by atoms with Crippen molar-refractivity contribution < 1.29 is 4.39 Å². The molecule has 2 nitrogen and oxygen atoms in total. The normalized spacial score (nSPS) is 12.8. The van der Waals surface area contributed by atoms with E-state index in [9.17, 15) is 4.39 Å². The highest BCUT2D eigenvalue weighted by atomic mass is 19.1. The molecule has 0 fully saturated rings. The molecular formula is C22H26BFN2. The molecule has 26 heavy (non-hydrogen) atoms. The number of aryl methyl sites for hydroxylation is 2. The Hall–Kier alpha value is -2.36. The van der Waals surface area contributed by atoms with Gasteiger partial charge in [-0.1, -0.05) is 63.2 Å². The molecule has 1 aromatic heterocycles. The fourth-order valence-electron chi connectivity index (χ4n) is 3.83. The summed E-state index contributed by atoms with van der Waals surface area (Å²) in [5.74, 6) is -0.195. The molecule has 0 saturated carbocycles. The highest BCUT2D eigenvalue weighted by molar-refractivity contribution is 6.55. The number of nitrogens with zero attached hydrogens (tertiary/aromatic N) is 2. The van der Waals surface area contributed by atoms with Crippen LogP contribution in [0, 0.1) is 5.82 Å². The molecule has 0 radical (unpaired) electrons. The van der Waals surface area contributed by atoms with Crippen molar-refractivity contribution in [3.63, 3.8) is 0 Å². The van der Waals surface area contributed by atoms with Gasteiger partial charge in [0.25, 0.3) is 0 Å². The molecule has 0 aliphatic heterocycles. The van der Waals surface area contributed by atoms with Crippen LogP contribution in [0.15, 0.2) is 60.9 Å². The van der Waals surface area contributed by atoms with Crippen molar-refractivity contribution in [1.82, 2.24) is 9.55 Å². The first-order valence-electron chi connectivity index (χ1n) is 9.22. The third-order valence-corrected chi connectivity index (χ3v) is 5.23. The van der Waals surface area contributed by atoms with Gasteiger partial charge < -0.3 is 4.57 Å². The Kier molecular flexibility index (Phi) is 5.31. The summed E-state index contributed by atoms with van der Waals surface area (Å²) in [4.78, 5) is 4.50. The lowest BCUT2D eigenvalue weighted by molar-refractivity contribution is 0.536. The topological polar surface area (TPSA) is 17.8 Å². The van der Waals surface area contributed by atoms with Crippen molar-refractivity contribution in [3.05, 3.63) is 83.4 Å². The molecule has 4 heteroatoms. The first kappa shape index (κ1) is 18.4. The van der Waals surface area contributed by atoms with E-state index in [1.165, 1.54) is 5.56 Å². The van der Waals surface area contributed by atoms with Gasteiger partial charge >= 0.3 is 0 Å². The standard InChI is InChI=1S/C22H26BFN2/c1-5-16-9-8-10-17(15-16)20(18-11-6-7-12-19(18)24)22(2,3)23-21-25-13-14-26(21)4/h6-15,20,23H,5H2,1-4H3. The molecule has 1 unspecified atom stereocenters. The van der Waals surface area contributed by atoms with Crippen molar-refractivity contribution in [2.45, 2.75) is 38.4 Å². The SMILES string of the molecule is CCc1cccc(C(c2ccccc2F)C(C)(C)Bc2nccn2C)c1. The van der Waals surface area contributed by atoms with Gasteiger partial charge in [-0.3, -0.25) is 4.98 Å². The second-order valence-electron chi connectivity index (χ2n) is 7.67. The molecule has 134 valence electrons. The first-order chi connectivity index (χ1) is 12.4. The van der Waals surface area contributed by atoms with E-state index >= 15 is 0 Å². The molecule has 0 aliphatic carbocycles. The molecule has 2 aromatic carbocycles. The van der Waals surface area contributed by atoms with Crippen LogP contribution in [0.25, 0.3) is 0 Å². The van der Waals surface area contributed by atoms with Crippen LogP contribution >= 0.6 is 0 Å². The Labute approximate surface area is 156 Å². The molecule has 3 aromatic rings. The Morgan fingerprint density at radius 1 is 1.15 bits per heavy atom. The number of halogens is 1. The third-order valence-electron chi connectivity index (χ3n) is 5.23. The minimum Gasteiger partial charge on any atom is -0.346 e. The highest BCUT2D eigenvalue weighted by Crippen LogP contribution is 2.46. The van der Waals surface area contributed by atoms with Crippen LogP contribution in [-0.4, -0.2) is 16.8 Å². The number of hydrogen-bond donors (Lipinski definition) is 0. The van der Waals surface area contributed by atoms with E-state index in [0.29, 0.717) is 0 Å². The van der Waals surface area contributed by atoms with Crippen molar-refractivity contribution in [1.29, 1.82) is 0 Å². The van der Waals surface area contributed by atoms with E-state index in [-0.39, 0.29) is 17.0 Å². The zero-order valence-corrected chi connectivity index (χ0v) is 16.0. The van der Waals surface area contributed by atoms with E-state index in [1.807, 2.05) is 36.1 Å². The van der Waals surface area contributed by atoms with Crippen molar-refractivity contribution in [2.24, 2.45) is 7.05 Å². The average molecular weight is 348 g/mol. The molecule has 0 spiro atoms. The molecule has 0 amide bonds. The summed E-state index contributed by atoms with van der Waals surface area (Å²) in [6.45, 7) is 6.56. The first-order valence-corrected chi connectivity index (χ1v) is 9.22. The van der Waals surface area contributed by atoms with Crippen molar-refractivity contribution in [3.8, 4) is 0 Å². The van der Waals surface area contributed by atoms with Gasteiger partial charge in [0.05, 0.1) is 5.72 Å². The molecule has 3 rings (SSSR count). The van der Waals surface area contributed by atoms with E-state index in [2.05, 4.69) is 50.0 Å². The molecule has 1 atom stereocenters. The van der Waals surface area contributed by atoms with Gasteiger partial charge in [-0.25, -0.2) is 4.39 Å². The lowest BCUT2D eigenvalue weighted by Crippen LogP contribution is -2.36. The van der Waals surface area contributed by atoms with Crippen LogP contribution in [0.4, 0.5) is 4.39 Å². The molecule has 0 bridgehead atoms. The zero-order valence-electron chi connectivity index (χ0n) is 16.0. The highest BCUT2D eigenvalue weighted by Gasteiger charge is 2.36. The van der Waals surface area contributed by atoms with E-state index in [0.717, 1.165) is 30.6 Å². The maximum absolute atomic E-state index is 14.8. The smallest absolute Gasteiger partial charge is 0.211 e. The predicted molar refractivity (Wildman–Crippen MR) is 108 cm³/mol. The van der Waals surface area contributed by atoms with Gasteiger partial charge in [0.15, 0.2) is 0 Å². The van der Waals surface area contributed by atoms with Gasteiger partial charge in [-0.05, 0) is 34.5 Å². The maximum atomic E-state index is 14.8. The largest absolute Gasteiger partial charge is 0.346 e. The molecule has 0 saturated heterocycles. The van der Waals surface area contributed by atoms with E-state index < -0.39 is 0 Å². The van der Waals surface area contributed by atoms with Gasteiger partial charge in [0.2, 0.25) is 7.28 Å². The second kappa shape index (κ2) is 7.49. The van der Waals surface area contributed by atoms with Crippen molar-refractivity contribution in [2.75, 3.05) is 0 Å². The summed E-state index contributed by atoms with van der Waals surface area (Å²) in [5, 5.41) is -0.201. The lowest BCUT2D eigenvalue weighted by Gasteiger charge is -2.35. The molecular weight excluding hydrogens is 322 g/mol. The molecule has 0 aliphatic rings. The van der Waals surface area contributed by atoms with Crippen LogP contribution in [0.1, 0.15) is 43.4 Å². The summed E-state index contributed by atoms with van der Waals surface area (Å²) in [6.07, 6.45) is 4.75. The summed E-state index contributed by atoms with van der Waals surface area (Å²) < 4.78 is 16.8. The summed E-state index contributed by atoms with van der Waals surface area (Å²) in [5.41, 5.74) is 4.20. The Morgan fingerprint density at radius 2 is 1.92 bits per heavy atom. The monoisotopic (exact) mass is 348 g/mol. The van der Waals surface area contributed by atoms with Crippen LogP contribution in [0.2, 0.25) is 5.31 Å².